The molecular formula is C18H17ClN2O6. The topological polar surface area (TPSA) is 99.9 Å². The highest BCUT2D eigenvalue weighted by atomic mass is 35.5. The lowest BCUT2D eigenvalue weighted by atomic mass is 10.00. The number of hydrogen-bond acceptors (Lipinski definition) is 6. The van der Waals surface area contributed by atoms with E-state index in [4.69, 9.17) is 25.8 Å². The molecule has 0 radical (unpaired) electrons. The summed E-state index contributed by atoms with van der Waals surface area (Å²) in [6.45, 7) is 0.410. The number of amides is 1. The van der Waals surface area contributed by atoms with Crippen molar-refractivity contribution in [2.75, 3.05) is 20.8 Å². The first-order valence-electron chi connectivity index (χ1n) is 8.08. The van der Waals surface area contributed by atoms with Gasteiger partial charge >= 0.3 is 0 Å². The normalized spacial score (nSPS) is 15.3. The number of ether oxygens (including phenoxy) is 3. The van der Waals surface area contributed by atoms with Crippen LogP contribution in [0.15, 0.2) is 30.3 Å². The van der Waals surface area contributed by atoms with Gasteiger partial charge in [0.2, 0.25) is 0 Å². The van der Waals surface area contributed by atoms with Crippen molar-refractivity contribution in [1.82, 2.24) is 5.32 Å². The molecule has 0 fully saturated rings. The molecule has 0 spiro atoms. The van der Waals surface area contributed by atoms with Crippen molar-refractivity contribution >= 4 is 23.2 Å². The highest BCUT2D eigenvalue weighted by Gasteiger charge is 2.29. The zero-order chi connectivity index (χ0) is 19.6. The number of carbonyl (C=O) groups is 1. The molecule has 9 heteroatoms. The van der Waals surface area contributed by atoms with Crippen LogP contribution < -0.4 is 19.5 Å². The van der Waals surface area contributed by atoms with Crippen LogP contribution in [0.3, 0.4) is 0 Å². The maximum Gasteiger partial charge on any atom is 0.286 e. The lowest BCUT2D eigenvalue weighted by Gasteiger charge is -2.27. The number of nitro groups is 1. The third-order valence-corrected chi connectivity index (χ3v) is 4.49. The van der Waals surface area contributed by atoms with Gasteiger partial charge < -0.3 is 19.5 Å². The minimum atomic E-state index is -0.633. The number of benzene rings is 2. The fourth-order valence-electron chi connectivity index (χ4n) is 2.95. The zero-order valence-corrected chi connectivity index (χ0v) is 15.4. The number of halogens is 1. The molecule has 8 nitrogen and oxygen atoms in total. The molecule has 0 bridgehead atoms. The van der Waals surface area contributed by atoms with Crippen LogP contribution in [0.1, 0.15) is 28.4 Å². The SMILES string of the molecule is COc1cc(C(=O)NC2CCOc3ccc(Cl)cc32)c([N+](=O)[O-])cc1OC. The molecule has 3 rings (SSSR count). The number of nitro benzene ring substituents is 1. The monoisotopic (exact) mass is 392 g/mol. The second-order valence-corrected chi connectivity index (χ2v) is 6.26. The van der Waals surface area contributed by atoms with Crippen molar-refractivity contribution in [1.29, 1.82) is 0 Å². The van der Waals surface area contributed by atoms with Gasteiger partial charge in [0.25, 0.3) is 11.6 Å². The average Bonchev–Trinajstić information content (AvgIpc) is 2.67. The van der Waals surface area contributed by atoms with Gasteiger partial charge in [-0.3, -0.25) is 14.9 Å². The molecule has 142 valence electrons. The Morgan fingerprint density at radius 1 is 1.26 bits per heavy atom. The van der Waals surface area contributed by atoms with E-state index in [1.807, 2.05) is 0 Å². The zero-order valence-electron chi connectivity index (χ0n) is 14.7. The maximum absolute atomic E-state index is 12.8. The van der Waals surface area contributed by atoms with E-state index in [-0.39, 0.29) is 28.8 Å². The van der Waals surface area contributed by atoms with E-state index in [0.29, 0.717) is 23.8 Å². The van der Waals surface area contributed by atoms with Gasteiger partial charge in [-0.2, -0.15) is 0 Å². The third kappa shape index (κ3) is 3.75. The Labute approximate surface area is 160 Å². The van der Waals surface area contributed by atoms with Crippen LogP contribution in [-0.2, 0) is 0 Å². The fourth-order valence-corrected chi connectivity index (χ4v) is 3.13. The Kier molecular flexibility index (Phi) is 5.36. The lowest BCUT2D eigenvalue weighted by molar-refractivity contribution is -0.385. The first kappa shape index (κ1) is 18.8. The molecule has 1 atom stereocenters. The summed E-state index contributed by atoms with van der Waals surface area (Å²) in [7, 11) is 2.76. The van der Waals surface area contributed by atoms with Crippen LogP contribution in [0.2, 0.25) is 5.02 Å². The van der Waals surface area contributed by atoms with Gasteiger partial charge in [-0.05, 0) is 18.2 Å². The Hall–Kier alpha value is -3.00. The molecule has 2 aromatic carbocycles. The van der Waals surface area contributed by atoms with Crippen LogP contribution in [0.5, 0.6) is 17.2 Å². The molecule has 1 aliphatic rings. The van der Waals surface area contributed by atoms with Crippen molar-refractivity contribution in [3.8, 4) is 17.2 Å². The highest BCUT2D eigenvalue weighted by Crippen LogP contribution is 2.37. The van der Waals surface area contributed by atoms with E-state index in [0.717, 1.165) is 5.56 Å². The first-order chi connectivity index (χ1) is 12.9. The molecule has 27 heavy (non-hydrogen) atoms. The van der Waals surface area contributed by atoms with Gasteiger partial charge in [0, 0.05) is 23.1 Å². The molecule has 1 amide bonds. The van der Waals surface area contributed by atoms with E-state index in [2.05, 4.69) is 5.32 Å². The summed E-state index contributed by atoms with van der Waals surface area (Å²) in [5.41, 5.74) is 0.237. The van der Waals surface area contributed by atoms with Crippen molar-refractivity contribution in [2.45, 2.75) is 12.5 Å². The molecule has 1 unspecified atom stereocenters. The van der Waals surface area contributed by atoms with Crippen molar-refractivity contribution in [3.63, 3.8) is 0 Å². The molecule has 0 aromatic heterocycles. The number of carbonyl (C=O) groups excluding carboxylic acids is 1. The lowest BCUT2D eigenvalue weighted by Crippen LogP contribution is -2.32. The molecule has 0 aliphatic carbocycles. The maximum atomic E-state index is 12.8. The second-order valence-electron chi connectivity index (χ2n) is 5.83. The first-order valence-corrected chi connectivity index (χ1v) is 8.46. The van der Waals surface area contributed by atoms with Gasteiger partial charge in [-0.25, -0.2) is 0 Å². The number of fused-ring (bicyclic) bond motifs is 1. The minimum absolute atomic E-state index is 0.118. The summed E-state index contributed by atoms with van der Waals surface area (Å²) in [5.74, 6) is 0.422. The Morgan fingerprint density at radius 3 is 2.63 bits per heavy atom. The molecule has 1 aliphatic heterocycles. The predicted octanol–water partition coefficient (Wildman–Crippen LogP) is 3.52. The van der Waals surface area contributed by atoms with Crippen molar-refractivity contribution < 1.29 is 23.9 Å². The van der Waals surface area contributed by atoms with E-state index < -0.39 is 10.8 Å². The number of nitrogens with one attached hydrogen (secondary N) is 1. The van der Waals surface area contributed by atoms with E-state index >= 15 is 0 Å². The molecule has 2 aromatic rings. The Bertz CT molecular complexity index is 902. The summed E-state index contributed by atoms with van der Waals surface area (Å²) in [6, 6.07) is 7.23. The van der Waals surface area contributed by atoms with Crippen LogP contribution in [0.4, 0.5) is 5.69 Å². The average molecular weight is 393 g/mol. The smallest absolute Gasteiger partial charge is 0.286 e. The van der Waals surface area contributed by atoms with Gasteiger partial charge in [0.1, 0.15) is 11.3 Å². The molecular weight excluding hydrogens is 376 g/mol. The van der Waals surface area contributed by atoms with Gasteiger partial charge in [0.05, 0.1) is 37.9 Å². The van der Waals surface area contributed by atoms with Crippen LogP contribution in [0, 0.1) is 10.1 Å². The standard InChI is InChI=1S/C18H17ClN2O6/c1-25-16-8-12(14(21(23)24)9-17(16)26-2)18(22)20-13-5-6-27-15-4-3-10(19)7-11(13)15/h3-4,7-9,13H,5-6H2,1-2H3,(H,20,22). The summed E-state index contributed by atoms with van der Waals surface area (Å²) in [6.07, 6.45) is 0.514. The van der Waals surface area contributed by atoms with Crippen LogP contribution in [-0.4, -0.2) is 31.7 Å². The van der Waals surface area contributed by atoms with Gasteiger partial charge in [-0.1, -0.05) is 11.6 Å². The number of nitrogens with zero attached hydrogens (tertiary/aromatic N) is 1. The Morgan fingerprint density at radius 2 is 1.96 bits per heavy atom. The summed E-state index contributed by atoms with van der Waals surface area (Å²) < 4.78 is 15.8. The molecule has 0 saturated carbocycles. The predicted molar refractivity (Wildman–Crippen MR) is 98.0 cm³/mol. The second kappa shape index (κ2) is 7.71. The summed E-state index contributed by atoms with van der Waals surface area (Å²) >= 11 is 6.05. The minimum Gasteiger partial charge on any atom is -0.493 e. The van der Waals surface area contributed by atoms with Gasteiger partial charge in [0.15, 0.2) is 11.5 Å². The van der Waals surface area contributed by atoms with E-state index in [9.17, 15) is 14.9 Å². The summed E-state index contributed by atoms with van der Waals surface area (Å²) in [5, 5.41) is 14.8. The van der Waals surface area contributed by atoms with Crippen LogP contribution >= 0.6 is 11.6 Å². The Balaban J connectivity index is 1.96. The van der Waals surface area contributed by atoms with Crippen molar-refractivity contribution in [2.24, 2.45) is 0 Å². The van der Waals surface area contributed by atoms with Gasteiger partial charge in [-0.15, -0.1) is 0 Å². The largest absolute Gasteiger partial charge is 0.493 e. The van der Waals surface area contributed by atoms with E-state index in [1.54, 1.807) is 18.2 Å². The van der Waals surface area contributed by atoms with Crippen LogP contribution in [0.25, 0.3) is 0 Å². The fraction of sp³-hybridized carbons (Fsp3) is 0.278. The number of hydrogen-bond donors (Lipinski definition) is 1. The quantitative estimate of drug-likeness (QED) is 0.617. The summed E-state index contributed by atoms with van der Waals surface area (Å²) in [4.78, 5) is 23.6. The third-order valence-electron chi connectivity index (χ3n) is 4.26. The van der Waals surface area contributed by atoms with E-state index in [1.165, 1.54) is 26.4 Å². The molecule has 0 saturated heterocycles. The molecule has 1 heterocycles. The molecule has 1 N–H and O–H groups in total. The number of methoxy groups -OCH3 is 2. The number of rotatable bonds is 5. The van der Waals surface area contributed by atoms with Crippen molar-refractivity contribution in [3.05, 3.63) is 56.6 Å². The highest BCUT2D eigenvalue weighted by molar-refractivity contribution is 6.30.